The Labute approximate surface area is 202 Å². The first-order valence-corrected chi connectivity index (χ1v) is 11.8. The standard InChI is InChI=1S/C25H27N9O/c1-16-30-20-13-27-23(12-21(20)34(16)14-17-4-3-5-19-24(17)29-15-28-19)31-22-6-9-26-25(32-22)33-10-7-18(35-2)8-11-33/h3-6,9,12-13,15,18H,7-8,10-11,14H2,1-2H3,(H,28,29)(H,26,27,31,32). The number of hydrogen-bond donors (Lipinski definition) is 2. The molecule has 0 spiro atoms. The molecule has 0 amide bonds. The molecule has 178 valence electrons. The summed E-state index contributed by atoms with van der Waals surface area (Å²) in [5.74, 6) is 3.06. The molecule has 1 fully saturated rings. The van der Waals surface area contributed by atoms with Crippen molar-refractivity contribution in [2.24, 2.45) is 0 Å². The zero-order chi connectivity index (χ0) is 23.8. The Hall–Kier alpha value is -4.05. The zero-order valence-corrected chi connectivity index (χ0v) is 19.8. The molecule has 4 aromatic heterocycles. The molecule has 5 heterocycles. The van der Waals surface area contributed by atoms with Crippen molar-refractivity contribution in [3.05, 3.63) is 60.4 Å². The molecule has 0 bridgehead atoms. The second-order valence-corrected chi connectivity index (χ2v) is 8.81. The lowest BCUT2D eigenvalue weighted by atomic mass is 10.1. The van der Waals surface area contributed by atoms with Crippen LogP contribution in [0.3, 0.4) is 0 Å². The number of nitrogens with one attached hydrogen (secondary N) is 2. The van der Waals surface area contributed by atoms with Crippen LogP contribution >= 0.6 is 0 Å². The van der Waals surface area contributed by atoms with Crippen molar-refractivity contribution < 1.29 is 4.74 Å². The second-order valence-electron chi connectivity index (χ2n) is 8.81. The third-order valence-corrected chi connectivity index (χ3v) is 6.64. The van der Waals surface area contributed by atoms with Gasteiger partial charge in [-0.25, -0.2) is 19.9 Å². The Morgan fingerprint density at radius 3 is 2.83 bits per heavy atom. The van der Waals surface area contributed by atoms with Crippen LogP contribution in [0.4, 0.5) is 17.6 Å². The van der Waals surface area contributed by atoms with Crippen molar-refractivity contribution in [2.75, 3.05) is 30.4 Å². The van der Waals surface area contributed by atoms with Gasteiger partial charge in [0.05, 0.1) is 41.7 Å². The number of pyridine rings is 1. The average Bonchev–Trinajstić information content (AvgIpc) is 3.49. The van der Waals surface area contributed by atoms with Gasteiger partial charge >= 0.3 is 0 Å². The fourth-order valence-electron chi connectivity index (χ4n) is 4.73. The fraction of sp³-hybridized carbons (Fsp3) is 0.320. The monoisotopic (exact) mass is 469 g/mol. The second kappa shape index (κ2) is 8.95. The molecule has 1 aliphatic rings. The van der Waals surface area contributed by atoms with E-state index >= 15 is 0 Å². The number of aromatic nitrogens is 7. The molecule has 0 saturated carbocycles. The summed E-state index contributed by atoms with van der Waals surface area (Å²) in [7, 11) is 1.77. The molecular formula is C25H27N9O. The largest absolute Gasteiger partial charge is 0.381 e. The van der Waals surface area contributed by atoms with Gasteiger partial charge in [0.1, 0.15) is 23.0 Å². The maximum Gasteiger partial charge on any atom is 0.227 e. The van der Waals surface area contributed by atoms with E-state index in [-0.39, 0.29) is 0 Å². The van der Waals surface area contributed by atoms with Crippen LogP contribution in [0.25, 0.3) is 22.1 Å². The SMILES string of the molecule is COC1CCN(c2nccc(Nc3cc4c(cn3)nc(C)n4Cc3cccc4[nH]cnc34)n2)CC1. The van der Waals surface area contributed by atoms with Crippen LogP contribution in [0.2, 0.25) is 0 Å². The molecule has 0 unspecified atom stereocenters. The van der Waals surface area contributed by atoms with Gasteiger partial charge < -0.3 is 24.5 Å². The van der Waals surface area contributed by atoms with Gasteiger partial charge in [-0.3, -0.25) is 0 Å². The van der Waals surface area contributed by atoms with Gasteiger partial charge in [-0.1, -0.05) is 12.1 Å². The van der Waals surface area contributed by atoms with Gasteiger partial charge in [0.25, 0.3) is 0 Å². The first-order chi connectivity index (χ1) is 17.2. The zero-order valence-electron chi connectivity index (χ0n) is 19.8. The van der Waals surface area contributed by atoms with Crippen LogP contribution < -0.4 is 10.2 Å². The topological polar surface area (TPSA) is 110 Å². The van der Waals surface area contributed by atoms with Crippen molar-refractivity contribution in [3.63, 3.8) is 0 Å². The van der Waals surface area contributed by atoms with E-state index in [9.17, 15) is 0 Å². The van der Waals surface area contributed by atoms with Crippen molar-refractivity contribution >= 4 is 39.7 Å². The maximum atomic E-state index is 5.48. The molecule has 2 N–H and O–H groups in total. The average molecular weight is 470 g/mol. The van der Waals surface area contributed by atoms with Gasteiger partial charge in [0.2, 0.25) is 5.95 Å². The number of fused-ring (bicyclic) bond motifs is 2. The number of piperidine rings is 1. The quantitative estimate of drug-likeness (QED) is 0.386. The first-order valence-electron chi connectivity index (χ1n) is 11.8. The molecule has 35 heavy (non-hydrogen) atoms. The molecule has 1 saturated heterocycles. The van der Waals surface area contributed by atoms with Crippen LogP contribution in [0.5, 0.6) is 0 Å². The number of imidazole rings is 2. The van der Waals surface area contributed by atoms with E-state index < -0.39 is 0 Å². The minimum atomic E-state index is 0.316. The Kier molecular flexibility index (Phi) is 5.49. The summed E-state index contributed by atoms with van der Waals surface area (Å²) >= 11 is 0. The molecule has 1 aromatic carbocycles. The van der Waals surface area contributed by atoms with E-state index in [1.165, 1.54) is 0 Å². The summed E-state index contributed by atoms with van der Waals surface area (Å²) in [4.78, 5) is 28.4. The number of para-hydroxylation sites is 1. The first kappa shape index (κ1) is 21.5. The molecular weight excluding hydrogens is 442 g/mol. The predicted molar refractivity (Wildman–Crippen MR) is 135 cm³/mol. The normalized spacial score (nSPS) is 14.7. The summed E-state index contributed by atoms with van der Waals surface area (Å²) in [6.07, 6.45) is 7.58. The molecule has 6 rings (SSSR count). The van der Waals surface area contributed by atoms with Crippen LogP contribution in [0, 0.1) is 6.92 Å². The Morgan fingerprint density at radius 1 is 1.09 bits per heavy atom. The minimum absolute atomic E-state index is 0.316. The van der Waals surface area contributed by atoms with Crippen LogP contribution in [-0.4, -0.2) is 60.8 Å². The minimum Gasteiger partial charge on any atom is -0.381 e. The predicted octanol–water partition coefficient (Wildman–Crippen LogP) is 3.81. The van der Waals surface area contributed by atoms with E-state index in [1.54, 1.807) is 25.8 Å². The van der Waals surface area contributed by atoms with Crippen molar-refractivity contribution in [2.45, 2.75) is 32.4 Å². The Morgan fingerprint density at radius 2 is 1.97 bits per heavy atom. The summed E-state index contributed by atoms with van der Waals surface area (Å²) in [6, 6.07) is 10.1. The smallest absolute Gasteiger partial charge is 0.227 e. The highest BCUT2D eigenvalue weighted by Gasteiger charge is 2.21. The van der Waals surface area contributed by atoms with Gasteiger partial charge in [-0.15, -0.1) is 0 Å². The van der Waals surface area contributed by atoms with Crippen LogP contribution in [0.1, 0.15) is 24.2 Å². The highest BCUT2D eigenvalue weighted by Crippen LogP contribution is 2.24. The lowest BCUT2D eigenvalue weighted by Crippen LogP contribution is -2.37. The van der Waals surface area contributed by atoms with Crippen LogP contribution in [-0.2, 0) is 11.3 Å². The van der Waals surface area contributed by atoms with E-state index in [4.69, 9.17) is 14.7 Å². The van der Waals surface area contributed by atoms with E-state index in [1.807, 2.05) is 31.2 Å². The van der Waals surface area contributed by atoms with E-state index in [0.29, 0.717) is 24.3 Å². The maximum absolute atomic E-state index is 5.48. The molecule has 10 heteroatoms. The molecule has 5 aromatic rings. The number of benzene rings is 1. The lowest BCUT2D eigenvalue weighted by Gasteiger charge is -2.31. The molecule has 10 nitrogen and oxygen atoms in total. The van der Waals surface area contributed by atoms with E-state index in [0.717, 1.165) is 65.3 Å². The van der Waals surface area contributed by atoms with Crippen molar-refractivity contribution in [1.29, 1.82) is 0 Å². The number of rotatable bonds is 6. The lowest BCUT2D eigenvalue weighted by molar-refractivity contribution is 0.0816. The number of anilines is 3. The number of aryl methyl sites for hydroxylation is 1. The van der Waals surface area contributed by atoms with Crippen molar-refractivity contribution in [1.82, 2.24) is 34.5 Å². The summed E-state index contributed by atoms with van der Waals surface area (Å²) in [5, 5.41) is 3.35. The number of ether oxygens (including phenoxy) is 1. The van der Waals surface area contributed by atoms with Gasteiger partial charge in [0, 0.05) is 32.5 Å². The molecule has 0 aliphatic carbocycles. The Balaban J connectivity index is 1.26. The van der Waals surface area contributed by atoms with Gasteiger partial charge in [0.15, 0.2) is 0 Å². The highest BCUT2D eigenvalue weighted by atomic mass is 16.5. The third-order valence-electron chi connectivity index (χ3n) is 6.64. The van der Waals surface area contributed by atoms with Crippen LogP contribution in [0.15, 0.2) is 49.1 Å². The molecule has 0 atom stereocenters. The molecule has 0 radical (unpaired) electrons. The van der Waals surface area contributed by atoms with Crippen molar-refractivity contribution in [3.8, 4) is 0 Å². The number of aromatic amines is 1. The number of methoxy groups -OCH3 is 1. The summed E-state index contributed by atoms with van der Waals surface area (Å²) in [6.45, 7) is 4.45. The molecule has 1 aliphatic heterocycles. The van der Waals surface area contributed by atoms with Gasteiger partial charge in [-0.05, 0) is 37.5 Å². The van der Waals surface area contributed by atoms with E-state index in [2.05, 4.69) is 40.8 Å². The summed E-state index contributed by atoms with van der Waals surface area (Å²) in [5.41, 5.74) is 4.99. The summed E-state index contributed by atoms with van der Waals surface area (Å²) < 4.78 is 7.67. The van der Waals surface area contributed by atoms with Gasteiger partial charge in [-0.2, -0.15) is 4.98 Å². The number of hydrogen-bond acceptors (Lipinski definition) is 8. The number of H-pyrrole nitrogens is 1. The third kappa shape index (κ3) is 4.17. The highest BCUT2D eigenvalue weighted by molar-refractivity contribution is 5.81. The Bertz CT molecular complexity index is 1480. The number of nitrogens with zero attached hydrogens (tertiary/aromatic N) is 7. The fourth-order valence-corrected chi connectivity index (χ4v) is 4.73.